The molecule has 0 bridgehead atoms. The summed E-state index contributed by atoms with van der Waals surface area (Å²) in [5.41, 5.74) is 0. The van der Waals surface area contributed by atoms with Gasteiger partial charge in [0, 0.05) is 0 Å². The second-order valence-electron chi connectivity index (χ2n) is 4.61. The molecule has 1 fully saturated rings. The molecule has 0 saturated heterocycles. The molecule has 0 aliphatic heterocycles. The summed E-state index contributed by atoms with van der Waals surface area (Å²) in [5.74, 6) is 1.23. The van der Waals surface area contributed by atoms with Crippen molar-refractivity contribution in [1.29, 1.82) is 0 Å². The van der Waals surface area contributed by atoms with Crippen molar-refractivity contribution in [2.45, 2.75) is 58.5 Å². The van der Waals surface area contributed by atoms with Gasteiger partial charge in [-0.1, -0.05) is 38.8 Å². The smallest absolute Gasteiger partial charge is 0.0568 e. The molecule has 1 aliphatic rings. The third-order valence-electron chi connectivity index (χ3n) is 3.51. The van der Waals surface area contributed by atoms with E-state index in [4.69, 9.17) is 0 Å². The Morgan fingerprint density at radius 1 is 1.29 bits per heavy atom. The van der Waals surface area contributed by atoms with Gasteiger partial charge in [0.1, 0.15) is 0 Å². The fraction of sp³-hybridized carbons (Fsp3) is 0.846. The molecule has 1 heteroatoms. The van der Waals surface area contributed by atoms with Crippen molar-refractivity contribution >= 4 is 0 Å². The van der Waals surface area contributed by atoms with Gasteiger partial charge < -0.3 is 5.11 Å². The number of allylic oxidation sites excluding steroid dienone is 2. The van der Waals surface area contributed by atoms with Gasteiger partial charge >= 0.3 is 0 Å². The zero-order valence-corrected chi connectivity index (χ0v) is 9.58. The number of aliphatic hydroxyl groups excluding tert-OH is 1. The Bertz CT molecular complexity index is 174. The van der Waals surface area contributed by atoms with Crippen molar-refractivity contribution in [2.24, 2.45) is 11.8 Å². The van der Waals surface area contributed by atoms with Crippen LogP contribution in [0.15, 0.2) is 12.2 Å². The molecule has 14 heavy (non-hydrogen) atoms. The lowest BCUT2D eigenvalue weighted by molar-refractivity contribution is 0.128. The van der Waals surface area contributed by atoms with Crippen LogP contribution in [0.1, 0.15) is 52.4 Å². The average molecular weight is 196 g/mol. The van der Waals surface area contributed by atoms with Gasteiger partial charge in [-0.25, -0.2) is 0 Å². The monoisotopic (exact) mass is 196 g/mol. The fourth-order valence-corrected chi connectivity index (χ4v) is 2.27. The van der Waals surface area contributed by atoms with Crippen LogP contribution in [0.25, 0.3) is 0 Å². The molecule has 0 spiro atoms. The van der Waals surface area contributed by atoms with Crippen LogP contribution >= 0.6 is 0 Å². The van der Waals surface area contributed by atoms with Crippen molar-refractivity contribution in [1.82, 2.24) is 0 Å². The van der Waals surface area contributed by atoms with E-state index in [0.29, 0.717) is 5.92 Å². The van der Waals surface area contributed by atoms with E-state index < -0.39 is 0 Å². The Kier molecular flexibility index (Phi) is 5.24. The zero-order valence-electron chi connectivity index (χ0n) is 9.58. The van der Waals surface area contributed by atoms with Crippen LogP contribution in [0.3, 0.4) is 0 Å². The maximum Gasteiger partial charge on any atom is 0.0568 e. The van der Waals surface area contributed by atoms with Crippen LogP contribution in [0.2, 0.25) is 0 Å². The molecule has 1 nitrogen and oxygen atoms in total. The minimum absolute atomic E-state index is 0.0379. The fourth-order valence-electron chi connectivity index (χ4n) is 2.27. The molecule has 3 unspecified atom stereocenters. The normalized spacial score (nSPS) is 32.9. The summed E-state index contributed by atoms with van der Waals surface area (Å²) in [4.78, 5) is 0. The molecule has 0 aromatic carbocycles. The zero-order chi connectivity index (χ0) is 10.4. The molecular formula is C13H24O. The topological polar surface area (TPSA) is 20.2 Å². The highest BCUT2D eigenvalue weighted by Gasteiger charge is 2.29. The summed E-state index contributed by atoms with van der Waals surface area (Å²) >= 11 is 0. The van der Waals surface area contributed by atoms with E-state index in [2.05, 4.69) is 26.0 Å². The van der Waals surface area contributed by atoms with E-state index in [9.17, 15) is 5.11 Å². The van der Waals surface area contributed by atoms with Crippen LogP contribution in [0.5, 0.6) is 0 Å². The van der Waals surface area contributed by atoms with Crippen molar-refractivity contribution in [3.63, 3.8) is 0 Å². The van der Waals surface area contributed by atoms with Gasteiger partial charge in [-0.2, -0.15) is 0 Å². The predicted octanol–water partition coefficient (Wildman–Crippen LogP) is 3.53. The number of aliphatic hydroxyl groups is 1. The first-order valence-corrected chi connectivity index (χ1v) is 6.08. The van der Waals surface area contributed by atoms with Crippen LogP contribution < -0.4 is 0 Å². The first-order chi connectivity index (χ1) is 6.75. The molecule has 0 radical (unpaired) electrons. The van der Waals surface area contributed by atoms with Crippen LogP contribution in [0, 0.1) is 11.8 Å². The third kappa shape index (κ3) is 3.45. The maximum absolute atomic E-state index is 9.58. The Hall–Kier alpha value is -0.300. The van der Waals surface area contributed by atoms with Gasteiger partial charge in [-0.15, -0.1) is 0 Å². The van der Waals surface area contributed by atoms with Gasteiger partial charge in [-0.05, 0) is 37.5 Å². The van der Waals surface area contributed by atoms with E-state index >= 15 is 0 Å². The largest absolute Gasteiger partial charge is 0.393 e. The summed E-state index contributed by atoms with van der Waals surface area (Å²) in [6, 6.07) is 0. The highest BCUT2D eigenvalue weighted by atomic mass is 16.3. The molecule has 0 aromatic rings. The third-order valence-corrected chi connectivity index (χ3v) is 3.51. The van der Waals surface area contributed by atoms with Crippen LogP contribution in [-0.2, 0) is 0 Å². The number of unbranched alkanes of at least 4 members (excludes halogenated alkanes) is 2. The Balaban J connectivity index is 2.15. The van der Waals surface area contributed by atoms with Crippen molar-refractivity contribution < 1.29 is 5.11 Å². The lowest BCUT2D eigenvalue weighted by atomic mass is 9.93. The van der Waals surface area contributed by atoms with Crippen LogP contribution in [0.4, 0.5) is 0 Å². The lowest BCUT2D eigenvalue weighted by Crippen LogP contribution is -2.14. The number of hydrogen-bond acceptors (Lipinski definition) is 1. The maximum atomic E-state index is 9.58. The van der Waals surface area contributed by atoms with E-state index in [-0.39, 0.29) is 6.10 Å². The molecule has 1 aliphatic carbocycles. The number of rotatable bonds is 5. The van der Waals surface area contributed by atoms with Gasteiger partial charge in [0.05, 0.1) is 6.10 Å². The first-order valence-electron chi connectivity index (χ1n) is 6.08. The lowest BCUT2D eigenvalue weighted by Gasteiger charge is -2.15. The van der Waals surface area contributed by atoms with Crippen molar-refractivity contribution in [2.75, 3.05) is 0 Å². The van der Waals surface area contributed by atoms with Crippen molar-refractivity contribution in [3.8, 4) is 0 Å². The molecule has 82 valence electrons. The minimum Gasteiger partial charge on any atom is -0.393 e. The molecule has 1 rings (SSSR count). The van der Waals surface area contributed by atoms with E-state index in [0.717, 1.165) is 12.3 Å². The van der Waals surface area contributed by atoms with E-state index in [1.165, 1.54) is 32.1 Å². The van der Waals surface area contributed by atoms with Gasteiger partial charge in [0.15, 0.2) is 0 Å². The minimum atomic E-state index is -0.0379. The highest BCUT2D eigenvalue weighted by Crippen LogP contribution is 2.34. The first kappa shape index (κ1) is 11.8. The van der Waals surface area contributed by atoms with Gasteiger partial charge in [-0.3, -0.25) is 0 Å². The molecule has 0 heterocycles. The Labute approximate surface area is 88.2 Å². The summed E-state index contributed by atoms with van der Waals surface area (Å²) in [7, 11) is 0. The quantitative estimate of drug-likeness (QED) is 0.527. The molecular weight excluding hydrogens is 172 g/mol. The van der Waals surface area contributed by atoms with Gasteiger partial charge in [0.25, 0.3) is 0 Å². The highest BCUT2D eigenvalue weighted by molar-refractivity contribution is 4.90. The van der Waals surface area contributed by atoms with E-state index in [1.54, 1.807) is 0 Å². The summed E-state index contributed by atoms with van der Waals surface area (Å²) in [6.45, 7) is 4.41. The van der Waals surface area contributed by atoms with E-state index in [1.807, 2.05) is 0 Å². The molecule has 1 saturated carbocycles. The average Bonchev–Trinajstić information content (AvgIpc) is 2.49. The molecule has 1 N–H and O–H groups in total. The summed E-state index contributed by atoms with van der Waals surface area (Å²) in [6.07, 6.45) is 11.8. The van der Waals surface area contributed by atoms with Gasteiger partial charge in [0.2, 0.25) is 0 Å². The van der Waals surface area contributed by atoms with Crippen LogP contribution in [-0.4, -0.2) is 11.2 Å². The molecule has 3 atom stereocenters. The summed E-state index contributed by atoms with van der Waals surface area (Å²) < 4.78 is 0. The second-order valence-corrected chi connectivity index (χ2v) is 4.61. The standard InChI is InChI=1S/C13H24O/c1-3-4-5-6-7-8-12-9-10-13(14)11(12)2/h6-7,11-14H,3-5,8-10H2,1-2H3. The summed E-state index contributed by atoms with van der Waals surface area (Å²) in [5, 5.41) is 9.58. The Morgan fingerprint density at radius 3 is 2.64 bits per heavy atom. The second kappa shape index (κ2) is 6.23. The Morgan fingerprint density at radius 2 is 2.07 bits per heavy atom. The van der Waals surface area contributed by atoms with Crippen molar-refractivity contribution in [3.05, 3.63) is 12.2 Å². The SMILES string of the molecule is CCCCC=CCC1CCC(O)C1C. The molecule has 0 amide bonds. The number of hydrogen-bond donors (Lipinski definition) is 1. The molecule has 0 aromatic heterocycles. The predicted molar refractivity (Wildman–Crippen MR) is 61.2 cm³/mol.